The Kier molecular flexibility index (Phi) is 7.29. The van der Waals surface area contributed by atoms with E-state index in [1.54, 1.807) is 18.2 Å². The molecule has 0 saturated carbocycles. The minimum Gasteiger partial charge on any atom is -0.465 e. The van der Waals surface area contributed by atoms with Gasteiger partial charge in [-0.05, 0) is 48.1 Å². The fraction of sp³-hybridized carbons (Fsp3) is 0.300. The van der Waals surface area contributed by atoms with Crippen LogP contribution in [0.5, 0.6) is 0 Å². The van der Waals surface area contributed by atoms with Crippen LogP contribution >= 0.6 is 39.7 Å². The summed E-state index contributed by atoms with van der Waals surface area (Å²) in [6.45, 7) is 4.54. The van der Waals surface area contributed by atoms with Crippen molar-refractivity contribution in [2.75, 3.05) is 38.6 Å². The summed E-state index contributed by atoms with van der Waals surface area (Å²) < 4.78 is 5.80. The fourth-order valence-corrected chi connectivity index (χ4v) is 3.85. The lowest BCUT2D eigenvalue weighted by Gasteiger charge is -2.36. The van der Waals surface area contributed by atoms with Gasteiger partial charge in [0, 0.05) is 42.9 Å². The Balaban J connectivity index is 1.52. The van der Waals surface area contributed by atoms with E-state index in [1.165, 1.54) is 12.7 Å². The molecule has 1 aliphatic heterocycles. The zero-order chi connectivity index (χ0) is 20.1. The van der Waals surface area contributed by atoms with Gasteiger partial charge in [-0.15, -0.1) is 0 Å². The van der Waals surface area contributed by atoms with Crippen LogP contribution in [0.15, 0.2) is 46.9 Å². The number of nitrogens with one attached hydrogen (secondary N) is 1. The first-order chi connectivity index (χ1) is 13.5. The van der Waals surface area contributed by atoms with Crippen LogP contribution in [0.1, 0.15) is 15.9 Å². The number of halogens is 2. The molecule has 0 bridgehead atoms. The van der Waals surface area contributed by atoms with E-state index in [1.807, 2.05) is 0 Å². The van der Waals surface area contributed by atoms with Gasteiger partial charge >= 0.3 is 5.97 Å². The summed E-state index contributed by atoms with van der Waals surface area (Å²) in [5, 5.41) is 4.19. The number of thiocarbonyl (C=S) groups is 1. The molecule has 0 radical (unpaired) electrons. The summed E-state index contributed by atoms with van der Waals surface area (Å²) in [6.07, 6.45) is 0. The van der Waals surface area contributed by atoms with Gasteiger partial charge in [-0.2, -0.15) is 0 Å². The van der Waals surface area contributed by atoms with Crippen molar-refractivity contribution >= 4 is 56.5 Å². The molecule has 5 nitrogen and oxygen atoms in total. The first kappa shape index (κ1) is 21.0. The smallest absolute Gasteiger partial charge is 0.339 e. The van der Waals surface area contributed by atoms with Crippen LogP contribution in [-0.2, 0) is 11.3 Å². The molecular weight excluding hydrogens is 462 g/mol. The summed E-state index contributed by atoms with van der Waals surface area (Å²) in [6, 6.07) is 13.5. The lowest BCUT2D eigenvalue weighted by atomic mass is 10.2. The van der Waals surface area contributed by atoms with Crippen LogP contribution in [0, 0.1) is 0 Å². The lowest BCUT2D eigenvalue weighted by molar-refractivity contribution is 0.0601. The number of esters is 1. The van der Waals surface area contributed by atoms with Crippen molar-refractivity contribution in [2.24, 2.45) is 0 Å². The monoisotopic (exact) mass is 481 g/mol. The molecule has 1 aliphatic rings. The predicted molar refractivity (Wildman–Crippen MR) is 120 cm³/mol. The van der Waals surface area contributed by atoms with Gasteiger partial charge in [0.15, 0.2) is 5.11 Å². The molecule has 0 aliphatic carbocycles. The van der Waals surface area contributed by atoms with Gasteiger partial charge in [-0.25, -0.2) is 4.79 Å². The molecule has 2 aromatic carbocycles. The van der Waals surface area contributed by atoms with Crippen molar-refractivity contribution in [1.82, 2.24) is 9.80 Å². The second-order valence-electron chi connectivity index (χ2n) is 6.51. The number of piperazine rings is 1. The highest BCUT2D eigenvalue weighted by atomic mass is 79.9. The zero-order valence-electron chi connectivity index (χ0n) is 15.5. The van der Waals surface area contributed by atoms with Crippen molar-refractivity contribution in [3.8, 4) is 0 Å². The minimum absolute atomic E-state index is 0.332. The number of benzene rings is 2. The molecule has 1 N–H and O–H groups in total. The maximum absolute atomic E-state index is 11.6. The van der Waals surface area contributed by atoms with Gasteiger partial charge in [0.25, 0.3) is 0 Å². The molecule has 0 atom stereocenters. The molecule has 3 rings (SSSR count). The molecule has 28 heavy (non-hydrogen) atoms. The van der Waals surface area contributed by atoms with E-state index < -0.39 is 5.97 Å². The zero-order valence-corrected chi connectivity index (χ0v) is 18.6. The largest absolute Gasteiger partial charge is 0.465 e. The van der Waals surface area contributed by atoms with Gasteiger partial charge in [-0.3, -0.25) is 4.90 Å². The highest BCUT2D eigenvalue weighted by Crippen LogP contribution is 2.22. The molecule has 8 heteroatoms. The maximum Gasteiger partial charge on any atom is 0.339 e. The van der Waals surface area contributed by atoms with Crippen LogP contribution in [0.3, 0.4) is 0 Å². The third-order valence-electron chi connectivity index (χ3n) is 4.60. The van der Waals surface area contributed by atoms with E-state index in [0.29, 0.717) is 15.7 Å². The van der Waals surface area contributed by atoms with Crippen LogP contribution in [0.25, 0.3) is 0 Å². The molecule has 0 amide bonds. The standard InChI is InChI=1S/C20H21BrClN3O2S/c1-27-19(26)17-7-6-16(12-18(17)22)23-20(28)25-10-8-24(9-11-25)13-14-2-4-15(21)5-3-14/h2-7,12H,8-11,13H2,1H3,(H,23,28). The van der Waals surface area contributed by atoms with Crippen LogP contribution in [-0.4, -0.2) is 54.2 Å². The Morgan fingerprint density at radius 1 is 1.18 bits per heavy atom. The highest BCUT2D eigenvalue weighted by molar-refractivity contribution is 9.10. The van der Waals surface area contributed by atoms with Crippen molar-refractivity contribution in [1.29, 1.82) is 0 Å². The number of carbonyl (C=O) groups excluding carboxylic acids is 1. The number of hydrogen-bond donors (Lipinski definition) is 1. The van der Waals surface area contributed by atoms with Crippen molar-refractivity contribution in [2.45, 2.75) is 6.54 Å². The lowest BCUT2D eigenvalue weighted by Crippen LogP contribution is -2.49. The summed E-state index contributed by atoms with van der Waals surface area (Å²) in [5.74, 6) is -0.457. The Morgan fingerprint density at radius 3 is 2.46 bits per heavy atom. The second kappa shape index (κ2) is 9.69. The number of methoxy groups -OCH3 is 1. The quantitative estimate of drug-likeness (QED) is 0.515. The van der Waals surface area contributed by atoms with Gasteiger partial charge in [-0.1, -0.05) is 39.7 Å². The van der Waals surface area contributed by atoms with Crippen molar-refractivity contribution in [3.63, 3.8) is 0 Å². The van der Waals surface area contributed by atoms with Gasteiger partial charge in [0.2, 0.25) is 0 Å². The molecular formula is C20H21BrClN3O2S. The van der Waals surface area contributed by atoms with Gasteiger partial charge < -0.3 is 15.0 Å². The van der Waals surface area contributed by atoms with E-state index in [9.17, 15) is 4.79 Å². The average molecular weight is 483 g/mol. The summed E-state index contributed by atoms with van der Waals surface area (Å²) in [4.78, 5) is 16.2. The number of nitrogens with zero attached hydrogens (tertiary/aromatic N) is 2. The number of carbonyl (C=O) groups is 1. The molecule has 1 saturated heterocycles. The summed E-state index contributed by atoms with van der Waals surface area (Å²) >= 11 is 15.2. The Bertz CT molecular complexity index is 855. The fourth-order valence-electron chi connectivity index (χ4n) is 3.03. The van der Waals surface area contributed by atoms with E-state index >= 15 is 0 Å². The third-order valence-corrected chi connectivity index (χ3v) is 5.81. The Morgan fingerprint density at radius 2 is 1.86 bits per heavy atom. The highest BCUT2D eigenvalue weighted by Gasteiger charge is 2.19. The Labute approximate surface area is 183 Å². The van der Waals surface area contributed by atoms with Crippen molar-refractivity contribution < 1.29 is 9.53 Å². The van der Waals surface area contributed by atoms with E-state index in [-0.39, 0.29) is 0 Å². The number of hydrogen-bond acceptors (Lipinski definition) is 4. The molecule has 0 aromatic heterocycles. The average Bonchev–Trinajstić information content (AvgIpc) is 2.70. The topological polar surface area (TPSA) is 44.8 Å². The van der Waals surface area contributed by atoms with Crippen LogP contribution in [0.4, 0.5) is 5.69 Å². The second-order valence-corrected chi connectivity index (χ2v) is 8.22. The SMILES string of the molecule is COC(=O)c1ccc(NC(=S)N2CCN(Cc3ccc(Br)cc3)CC2)cc1Cl. The molecule has 0 spiro atoms. The van der Waals surface area contributed by atoms with E-state index in [4.69, 9.17) is 28.6 Å². The van der Waals surface area contributed by atoms with E-state index in [0.717, 1.165) is 42.9 Å². The minimum atomic E-state index is -0.457. The molecule has 148 valence electrons. The normalized spacial score (nSPS) is 14.6. The molecule has 0 unspecified atom stereocenters. The van der Waals surface area contributed by atoms with Crippen LogP contribution in [0.2, 0.25) is 5.02 Å². The van der Waals surface area contributed by atoms with Crippen LogP contribution < -0.4 is 5.32 Å². The maximum atomic E-state index is 11.6. The van der Waals surface area contributed by atoms with Gasteiger partial charge in [0.1, 0.15) is 0 Å². The van der Waals surface area contributed by atoms with Crippen molar-refractivity contribution in [3.05, 3.63) is 63.1 Å². The number of anilines is 1. The summed E-state index contributed by atoms with van der Waals surface area (Å²) in [7, 11) is 1.33. The van der Waals surface area contributed by atoms with Gasteiger partial charge in [0.05, 0.1) is 17.7 Å². The first-order valence-electron chi connectivity index (χ1n) is 8.87. The summed E-state index contributed by atoms with van der Waals surface area (Å²) in [5.41, 5.74) is 2.39. The Hall–Kier alpha value is -1.67. The first-order valence-corrected chi connectivity index (χ1v) is 10.4. The molecule has 1 heterocycles. The number of ether oxygens (including phenoxy) is 1. The molecule has 2 aromatic rings. The van der Waals surface area contributed by atoms with E-state index in [2.05, 4.69) is 55.3 Å². The third kappa shape index (κ3) is 5.44. The predicted octanol–water partition coefficient (Wildman–Crippen LogP) is 4.40. The molecule has 1 fully saturated rings. The number of rotatable bonds is 4.